The van der Waals surface area contributed by atoms with Crippen molar-refractivity contribution in [1.82, 2.24) is 9.78 Å². The van der Waals surface area contributed by atoms with E-state index >= 15 is 0 Å². The summed E-state index contributed by atoms with van der Waals surface area (Å²) in [6.07, 6.45) is -1.37. The van der Waals surface area contributed by atoms with E-state index in [1.807, 2.05) is 19.1 Å². The van der Waals surface area contributed by atoms with E-state index in [1.165, 1.54) is 22.9 Å². The number of ketones is 1. The lowest BCUT2D eigenvalue weighted by Crippen LogP contribution is -2.35. The number of esters is 1. The number of carbonyl (C=O) groups is 4. The van der Waals surface area contributed by atoms with Gasteiger partial charge in [-0.1, -0.05) is 46.1 Å². The van der Waals surface area contributed by atoms with Gasteiger partial charge in [-0.05, 0) is 51.1 Å². The van der Waals surface area contributed by atoms with Crippen LogP contribution in [0.1, 0.15) is 39.0 Å². The van der Waals surface area contributed by atoms with Crippen LogP contribution in [0.15, 0.2) is 47.6 Å². The maximum Gasteiger partial charge on any atom is 0.359 e. The number of ether oxygens (including phenoxy) is 1. The van der Waals surface area contributed by atoms with Gasteiger partial charge in [0.1, 0.15) is 11.6 Å². The molecule has 0 saturated carbocycles. The molecule has 2 atom stereocenters. The second-order valence-electron chi connectivity index (χ2n) is 8.69. The molecule has 0 aliphatic carbocycles. The maximum absolute atomic E-state index is 13.9. The van der Waals surface area contributed by atoms with E-state index in [2.05, 4.69) is 10.3 Å². The van der Waals surface area contributed by atoms with E-state index in [-0.39, 0.29) is 39.3 Å². The van der Waals surface area contributed by atoms with Crippen LogP contribution in [0.4, 0.5) is 5.69 Å². The molecule has 0 radical (unpaired) electrons. The normalized spacial score (nSPS) is 18.3. The quantitative estimate of drug-likeness (QED) is 0.255. The number of Topliss-reactive ketones (excluding diaryl/α,β-unsaturated/α-hetero) is 1. The molecule has 194 valence electrons. The smallest absolute Gasteiger partial charge is 0.359 e. The Bertz CT molecular complexity index is 1550. The average Bonchev–Trinajstić information content (AvgIpc) is 3.54. The van der Waals surface area contributed by atoms with E-state index in [0.717, 1.165) is 10.5 Å². The number of halogens is 2. The highest BCUT2D eigenvalue weighted by Gasteiger charge is 2.58. The van der Waals surface area contributed by atoms with Gasteiger partial charge in [0.15, 0.2) is 5.69 Å². The van der Waals surface area contributed by atoms with Crippen LogP contribution in [-0.2, 0) is 19.2 Å². The van der Waals surface area contributed by atoms with Crippen LogP contribution in [-0.4, -0.2) is 51.8 Å². The van der Waals surface area contributed by atoms with Crippen molar-refractivity contribution < 1.29 is 28.8 Å². The summed E-state index contributed by atoms with van der Waals surface area (Å²) >= 11 is 12.3. The van der Waals surface area contributed by atoms with Crippen LogP contribution in [0.3, 0.4) is 0 Å². The van der Waals surface area contributed by atoms with Gasteiger partial charge in [0.2, 0.25) is 17.8 Å². The maximum atomic E-state index is 13.9. The summed E-state index contributed by atoms with van der Waals surface area (Å²) in [6.45, 7) is 5.21. The lowest BCUT2D eigenvalue weighted by Gasteiger charge is -2.17. The van der Waals surface area contributed by atoms with E-state index < -0.39 is 35.6 Å². The summed E-state index contributed by atoms with van der Waals surface area (Å²) in [7, 11) is 0. The fourth-order valence-corrected chi connectivity index (χ4v) is 4.81. The molecule has 3 heterocycles. The SMILES string of the molecule is CCOC(=O)c1nn(-c2ccc(C)cc2)c(C)c1C(=O)C1=NOC2C(=O)N(c3cc(Cl)ccc3Cl)C(=O)C12. The van der Waals surface area contributed by atoms with Gasteiger partial charge in [0.25, 0.3) is 5.91 Å². The van der Waals surface area contributed by atoms with Crippen LogP contribution in [0.2, 0.25) is 10.0 Å². The summed E-state index contributed by atoms with van der Waals surface area (Å²) < 4.78 is 6.57. The minimum absolute atomic E-state index is 0.0556. The zero-order valence-electron chi connectivity index (χ0n) is 20.4. The fraction of sp³-hybridized carbons (Fsp3) is 0.231. The zero-order chi connectivity index (χ0) is 27.3. The monoisotopic (exact) mass is 554 g/mol. The number of amides is 2. The Hall–Kier alpha value is -4.02. The third kappa shape index (κ3) is 4.06. The Labute approximate surface area is 226 Å². The lowest BCUT2D eigenvalue weighted by molar-refractivity contribution is -0.126. The van der Waals surface area contributed by atoms with Gasteiger partial charge in [-0.25, -0.2) is 14.4 Å². The standard InChI is InChI=1S/C26H20Cl2N4O6/c1-4-37-26(36)21-18(13(3)32(29-21)15-8-5-12(2)6-9-15)22(33)20-19-23(38-30-20)25(35)31(24(19)34)17-11-14(27)7-10-16(17)28/h5-11,19,23H,4H2,1-3H3. The Morgan fingerprint density at radius 3 is 2.45 bits per heavy atom. The lowest BCUT2D eigenvalue weighted by atomic mass is 9.92. The van der Waals surface area contributed by atoms with Crippen LogP contribution in [0, 0.1) is 19.8 Å². The molecule has 3 aromatic rings. The van der Waals surface area contributed by atoms with Crippen LogP contribution < -0.4 is 4.90 Å². The summed E-state index contributed by atoms with van der Waals surface area (Å²) in [5.41, 5.74) is 1.33. The Morgan fingerprint density at radius 2 is 1.76 bits per heavy atom. The molecule has 0 spiro atoms. The number of hydrogen-bond acceptors (Lipinski definition) is 8. The first kappa shape index (κ1) is 25.6. The minimum atomic E-state index is -1.37. The Kier molecular flexibility index (Phi) is 6.54. The van der Waals surface area contributed by atoms with Crippen molar-refractivity contribution in [2.45, 2.75) is 26.9 Å². The average molecular weight is 555 g/mol. The Balaban J connectivity index is 1.56. The Morgan fingerprint density at radius 1 is 1.05 bits per heavy atom. The first-order chi connectivity index (χ1) is 18.1. The van der Waals surface area contributed by atoms with E-state index in [0.29, 0.717) is 11.4 Å². The van der Waals surface area contributed by atoms with E-state index in [9.17, 15) is 19.2 Å². The van der Waals surface area contributed by atoms with Gasteiger partial charge in [0.05, 0.1) is 34.3 Å². The van der Waals surface area contributed by atoms with Crippen molar-refractivity contribution in [1.29, 1.82) is 0 Å². The van der Waals surface area contributed by atoms with Gasteiger partial charge in [-0.2, -0.15) is 5.10 Å². The molecule has 0 bridgehead atoms. The number of aryl methyl sites for hydroxylation is 1. The number of anilines is 1. The van der Waals surface area contributed by atoms with Gasteiger partial charge < -0.3 is 9.57 Å². The largest absolute Gasteiger partial charge is 0.461 e. The number of oxime groups is 1. The second kappa shape index (κ2) is 9.70. The van der Waals surface area contributed by atoms with Gasteiger partial charge >= 0.3 is 5.97 Å². The number of rotatable bonds is 6. The summed E-state index contributed by atoms with van der Waals surface area (Å²) in [5, 5.41) is 8.52. The van der Waals surface area contributed by atoms with Crippen molar-refractivity contribution in [3.8, 4) is 5.69 Å². The molecule has 2 aliphatic heterocycles. The van der Waals surface area contributed by atoms with Crippen LogP contribution >= 0.6 is 23.2 Å². The molecule has 1 saturated heterocycles. The number of imide groups is 1. The molecule has 1 aromatic heterocycles. The van der Waals surface area contributed by atoms with Crippen molar-refractivity contribution >= 4 is 58.2 Å². The topological polar surface area (TPSA) is 120 Å². The van der Waals surface area contributed by atoms with E-state index in [4.69, 9.17) is 32.8 Å². The number of nitrogens with zero attached hydrogens (tertiary/aromatic N) is 4. The molecular weight excluding hydrogens is 535 g/mol. The molecule has 38 heavy (non-hydrogen) atoms. The third-order valence-corrected chi connectivity index (χ3v) is 6.84. The molecule has 5 rings (SSSR count). The van der Waals surface area contributed by atoms with Crippen molar-refractivity contribution in [2.75, 3.05) is 11.5 Å². The molecular formula is C26H20Cl2N4O6. The van der Waals surface area contributed by atoms with Gasteiger partial charge in [-0.15, -0.1) is 0 Å². The molecule has 1 fully saturated rings. The molecule has 12 heteroatoms. The number of fused-ring (bicyclic) bond motifs is 1. The van der Waals surface area contributed by atoms with Gasteiger partial charge in [-0.3, -0.25) is 14.4 Å². The minimum Gasteiger partial charge on any atom is -0.461 e. The fourth-order valence-electron chi connectivity index (χ4n) is 4.44. The predicted molar refractivity (Wildman–Crippen MR) is 138 cm³/mol. The zero-order valence-corrected chi connectivity index (χ0v) is 21.9. The molecule has 2 amide bonds. The highest BCUT2D eigenvalue weighted by atomic mass is 35.5. The predicted octanol–water partition coefficient (Wildman–Crippen LogP) is 4.10. The first-order valence-corrected chi connectivity index (χ1v) is 12.3. The van der Waals surface area contributed by atoms with Crippen molar-refractivity contribution in [3.05, 3.63) is 75.0 Å². The number of carbonyl (C=O) groups excluding carboxylic acids is 4. The molecule has 2 aromatic carbocycles. The number of hydrogen-bond donors (Lipinski definition) is 0. The van der Waals surface area contributed by atoms with Crippen LogP contribution in [0.25, 0.3) is 5.69 Å². The van der Waals surface area contributed by atoms with Gasteiger partial charge in [0, 0.05) is 5.02 Å². The molecule has 0 N–H and O–H groups in total. The molecule has 10 nitrogen and oxygen atoms in total. The van der Waals surface area contributed by atoms with E-state index in [1.54, 1.807) is 26.0 Å². The number of aromatic nitrogens is 2. The summed E-state index contributed by atoms with van der Waals surface area (Å²) in [6, 6.07) is 11.6. The molecule has 2 unspecified atom stereocenters. The summed E-state index contributed by atoms with van der Waals surface area (Å²) in [5.74, 6) is -4.44. The number of benzene rings is 2. The van der Waals surface area contributed by atoms with Crippen LogP contribution in [0.5, 0.6) is 0 Å². The highest BCUT2D eigenvalue weighted by Crippen LogP contribution is 2.38. The summed E-state index contributed by atoms with van der Waals surface area (Å²) in [4.78, 5) is 59.3. The first-order valence-electron chi connectivity index (χ1n) is 11.6. The van der Waals surface area contributed by atoms with Crippen molar-refractivity contribution in [3.63, 3.8) is 0 Å². The van der Waals surface area contributed by atoms with Crippen molar-refractivity contribution in [2.24, 2.45) is 11.1 Å². The third-order valence-electron chi connectivity index (χ3n) is 6.28. The molecule has 2 aliphatic rings. The highest BCUT2D eigenvalue weighted by molar-refractivity contribution is 6.53. The second-order valence-corrected chi connectivity index (χ2v) is 9.54.